The average molecular weight is 239 g/mol. The normalized spacial score (nSPS) is 15.6. The minimum Gasteiger partial charge on any atom is -0.248 e. The highest BCUT2D eigenvalue weighted by atomic mass is 32.2. The summed E-state index contributed by atoms with van der Waals surface area (Å²) in [7, 11) is 0. The van der Waals surface area contributed by atoms with Crippen LogP contribution in [0.4, 0.5) is 0 Å². The van der Waals surface area contributed by atoms with Crippen LogP contribution in [-0.2, 0) is 0 Å². The van der Waals surface area contributed by atoms with Crippen molar-refractivity contribution in [2.45, 2.75) is 42.5 Å². The molecule has 1 heterocycles. The molecule has 3 heteroatoms. The van der Waals surface area contributed by atoms with Gasteiger partial charge in [-0.25, -0.2) is 4.98 Å². The second-order valence-corrected chi connectivity index (χ2v) is 6.27. The maximum Gasteiger partial charge on any atom is 0.110 e. The van der Waals surface area contributed by atoms with Crippen LogP contribution in [0.1, 0.15) is 38.2 Å². The third kappa shape index (κ3) is 2.91. The third-order valence-corrected chi connectivity index (χ3v) is 4.40. The molecule has 0 aliphatic heterocycles. The van der Waals surface area contributed by atoms with Gasteiger partial charge in [0.15, 0.2) is 0 Å². The Morgan fingerprint density at radius 1 is 1.27 bits per heavy atom. The van der Waals surface area contributed by atoms with Crippen LogP contribution in [-0.4, -0.2) is 16.5 Å². The van der Waals surface area contributed by atoms with Gasteiger partial charge in [0.05, 0.1) is 0 Å². The van der Waals surface area contributed by atoms with Crippen molar-refractivity contribution in [3.05, 3.63) is 17.8 Å². The lowest BCUT2D eigenvalue weighted by Crippen LogP contribution is -1.90. The molecule has 1 nitrogen and oxygen atoms in total. The topological polar surface area (TPSA) is 12.9 Å². The summed E-state index contributed by atoms with van der Waals surface area (Å²) in [6.45, 7) is 4.39. The van der Waals surface area contributed by atoms with Crippen LogP contribution in [0.15, 0.2) is 22.2 Å². The number of aromatic nitrogens is 1. The van der Waals surface area contributed by atoms with Crippen LogP contribution in [0.5, 0.6) is 0 Å². The maximum absolute atomic E-state index is 4.59. The predicted octanol–water partition coefficient (Wildman–Crippen LogP) is 4.18. The van der Waals surface area contributed by atoms with E-state index in [2.05, 4.69) is 31.1 Å². The van der Waals surface area contributed by atoms with E-state index >= 15 is 0 Å². The molecule has 82 valence electrons. The number of rotatable bonds is 5. The monoisotopic (exact) mass is 239 g/mol. The highest BCUT2D eigenvalue weighted by Gasteiger charge is 2.24. The quantitative estimate of drug-likeness (QED) is 0.715. The van der Waals surface area contributed by atoms with E-state index in [9.17, 15) is 0 Å². The summed E-state index contributed by atoms with van der Waals surface area (Å²) >= 11 is 3.77. The first-order chi connectivity index (χ1) is 7.35. The van der Waals surface area contributed by atoms with E-state index in [1.54, 1.807) is 0 Å². The van der Waals surface area contributed by atoms with Crippen molar-refractivity contribution < 1.29 is 0 Å². The molecule has 0 bridgehead atoms. The second-order valence-electron chi connectivity index (χ2n) is 3.71. The Morgan fingerprint density at radius 2 is 2.00 bits per heavy atom. The zero-order chi connectivity index (χ0) is 10.7. The van der Waals surface area contributed by atoms with Crippen LogP contribution >= 0.6 is 23.5 Å². The van der Waals surface area contributed by atoms with Gasteiger partial charge in [-0.15, -0.1) is 23.5 Å². The van der Waals surface area contributed by atoms with Crippen molar-refractivity contribution in [1.29, 1.82) is 0 Å². The molecule has 15 heavy (non-hydrogen) atoms. The molecule has 0 saturated heterocycles. The third-order valence-electron chi connectivity index (χ3n) is 2.47. The lowest BCUT2D eigenvalue weighted by atomic mass is 10.2. The van der Waals surface area contributed by atoms with E-state index in [0.717, 1.165) is 17.4 Å². The molecule has 1 fully saturated rings. The SMILES string of the molecule is CCSc1cc(C2CC2)cnc1SCC. The summed E-state index contributed by atoms with van der Waals surface area (Å²) in [4.78, 5) is 5.97. The maximum atomic E-state index is 4.59. The summed E-state index contributed by atoms with van der Waals surface area (Å²) in [5, 5.41) is 1.22. The lowest BCUT2D eigenvalue weighted by molar-refractivity contribution is 0.972. The first-order valence-electron chi connectivity index (χ1n) is 5.60. The summed E-state index contributed by atoms with van der Waals surface area (Å²) in [5.41, 5.74) is 1.45. The van der Waals surface area contributed by atoms with E-state index < -0.39 is 0 Å². The van der Waals surface area contributed by atoms with E-state index in [1.807, 2.05) is 23.5 Å². The highest BCUT2D eigenvalue weighted by Crippen LogP contribution is 2.42. The Kier molecular flexibility index (Phi) is 3.98. The van der Waals surface area contributed by atoms with Crippen LogP contribution in [0.25, 0.3) is 0 Å². The Morgan fingerprint density at radius 3 is 2.60 bits per heavy atom. The molecule has 0 unspecified atom stereocenters. The predicted molar refractivity (Wildman–Crippen MR) is 69.0 cm³/mol. The molecule has 0 radical (unpaired) electrons. The number of thioether (sulfide) groups is 2. The molecule has 1 aromatic rings. The standard InChI is InChI=1S/C12H17NS2/c1-3-14-11-7-10(9-5-6-9)8-13-12(11)15-4-2/h7-9H,3-6H2,1-2H3. The van der Waals surface area contributed by atoms with Crippen molar-refractivity contribution in [3.63, 3.8) is 0 Å². The van der Waals surface area contributed by atoms with Crippen LogP contribution in [0, 0.1) is 0 Å². The summed E-state index contributed by atoms with van der Waals surface area (Å²) in [6, 6.07) is 2.36. The smallest absolute Gasteiger partial charge is 0.110 e. The van der Waals surface area contributed by atoms with Gasteiger partial charge in [-0.3, -0.25) is 0 Å². The molecule has 0 N–H and O–H groups in total. The molecular formula is C12H17NS2. The molecule has 0 amide bonds. The molecular weight excluding hydrogens is 222 g/mol. The fraction of sp³-hybridized carbons (Fsp3) is 0.583. The number of hydrogen-bond acceptors (Lipinski definition) is 3. The molecule has 1 aliphatic rings. The van der Waals surface area contributed by atoms with Crippen molar-refractivity contribution in [1.82, 2.24) is 4.98 Å². The van der Waals surface area contributed by atoms with Gasteiger partial charge in [0.25, 0.3) is 0 Å². The molecule has 0 spiro atoms. The van der Waals surface area contributed by atoms with Gasteiger partial charge in [0, 0.05) is 11.1 Å². The largest absolute Gasteiger partial charge is 0.248 e. The molecule has 1 aliphatic carbocycles. The fourth-order valence-electron chi connectivity index (χ4n) is 1.59. The Hall–Kier alpha value is -0.150. The second kappa shape index (κ2) is 5.26. The first kappa shape index (κ1) is 11.3. The Balaban J connectivity index is 2.21. The zero-order valence-corrected chi connectivity index (χ0v) is 11.0. The molecule has 0 aromatic carbocycles. The van der Waals surface area contributed by atoms with Crippen LogP contribution in [0.3, 0.4) is 0 Å². The Labute approximate surface area is 100 Å². The molecule has 2 rings (SSSR count). The average Bonchev–Trinajstić information content (AvgIpc) is 3.05. The van der Waals surface area contributed by atoms with Crippen molar-refractivity contribution in [2.75, 3.05) is 11.5 Å². The first-order valence-corrected chi connectivity index (χ1v) is 7.57. The van der Waals surface area contributed by atoms with Gasteiger partial charge in [0.2, 0.25) is 0 Å². The van der Waals surface area contributed by atoms with Gasteiger partial charge < -0.3 is 0 Å². The lowest BCUT2D eigenvalue weighted by Gasteiger charge is -2.08. The van der Waals surface area contributed by atoms with E-state index in [0.29, 0.717) is 0 Å². The summed E-state index contributed by atoms with van der Waals surface area (Å²) in [5.74, 6) is 3.05. The molecule has 1 aromatic heterocycles. The van der Waals surface area contributed by atoms with E-state index in [4.69, 9.17) is 0 Å². The van der Waals surface area contributed by atoms with Crippen molar-refractivity contribution in [3.8, 4) is 0 Å². The van der Waals surface area contributed by atoms with Crippen LogP contribution in [0.2, 0.25) is 0 Å². The molecule has 0 atom stereocenters. The van der Waals surface area contributed by atoms with E-state index in [1.165, 1.54) is 28.3 Å². The summed E-state index contributed by atoms with van der Waals surface area (Å²) < 4.78 is 0. The van der Waals surface area contributed by atoms with E-state index in [-0.39, 0.29) is 0 Å². The fourth-order valence-corrected chi connectivity index (χ4v) is 3.25. The summed E-state index contributed by atoms with van der Waals surface area (Å²) in [6.07, 6.45) is 4.80. The highest BCUT2D eigenvalue weighted by molar-refractivity contribution is 8.02. The molecule has 1 saturated carbocycles. The van der Waals surface area contributed by atoms with Crippen molar-refractivity contribution >= 4 is 23.5 Å². The van der Waals surface area contributed by atoms with Gasteiger partial charge in [0.1, 0.15) is 5.03 Å². The zero-order valence-electron chi connectivity index (χ0n) is 9.32. The Bertz CT molecular complexity index is 334. The van der Waals surface area contributed by atoms with Crippen molar-refractivity contribution in [2.24, 2.45) is 0 Å². The number of nitrogens with zero attached hydrogens (tertiary/aromatic N) is 1. The van der Waals surface area contributed by atoms with Gasteiger partial charge in [-0.05, 0) is 41.9 Å². The van der Waals surface area contributed by atoms with Gasteiger partial charge in [-0.1, -0.05) is 13.8 Å². The number of hydrogen-bond donors (Lipinski definition) is 0. The minimum absolute atomic E-state index is 0.814. The van der Waals surface area contributed by atoms with Gasteiger partial charge >= 0.3 is 0 Å². The van der Waals surface area contributed by atoms with Gasteiger partial charge in [-0.2, -0.15) is 0 Å². The number of pyridine rings is 1. The van der Waals surface area contributed by atoms with Crippen LogP contribution < -0.4 is 0 Å². The minimum atomic E-state index is 0.814.